The molecule has 0 saturated carbocycles. The van der Waals surface area contributed by atoms with Crippen molar-refractivity contribution in [3.63, 3.8) is 0 Å². The third-order valence-electron chi connectivity index (χ3n) is 2.66. The van der Waals surface area contributed by atoms with Crippen LogP contribution in [0.4, 0.5) is 0 Å². The minimum atomic E-state index is 0.486. The molecule has 96 valence electrons. The van der Waals surface area contributed by atoms with Gasteiger partial charge in [-0.25, -0.2) is 4.98 Å². The van der Waals surface area contributed by atoms with E-state index in [1.807, 2.05) is 18.2 Å². The molecule has 0 spiro atoms. The highest BCUT2D eigenvalue weighted by Crippen LogP contribution is 2.30. The van der Waals surface area contributed by atoms with Crippen molar-refractivity contribution in [1.82, 2.24) is 9.97 Å². The number of rotatable bonds is 1. The van der Waals surface area contributed by atoms with E-state index >= 15 is 0 Å². The van der Waals surface area contributed by atoms with Crippen LogP contribution in [0.5, 0.6) is 0 Å². The third-order valence-corrected chi connectivity index (χ3v) is 4.06. The summed E-state index contributed by atoms with van der Waals surface area (Å²) < 4.78 is 0.895. The Bertz CT molecular complexity index is 724. The number of hydrogen-bond acceptors (Lipinski definition) is 1. The van der Waals surface area contributed by atoms with Gasteiger partial charge < -0.3 is 4.98 Å². The van der Waals surface area contributed by atoms with Crippen molar-refractivity contribution in [3.05, 3.63) is 49.9 Å². The molecule has 19 heavy (non-hydrogen) atoms. The molecule has 0 atom stereocenters. The minimum Gasteiger partial charge on any atom is -0.338 e. The Balaban J connectivity index is 2.20. The first-order valence-corrected chi connectivity index (χ1v) is 7.27. The molecule has 0 bridgehead atoms. The predicted octanol–water partition coefficient (Wildman–Crippen LogP) is 5.95. The summed E-state index contributed by atoms with van der Waals surface area (Å²) >= 11 is 21.4. The summed E-state index contributed by atoms with van der Waals surface area (Å²) in [5.41, 5.74) is 2.49. The van der Waals surface area contributed by atoms with Gasteiger partial charge in [0.05, 0.1) is 21.1 Å². The summed E-state index contributed by atoms with van der Waals surface area (Å²) in [6.45, 7) is 0. The normalized spacial score (nSPS) is 11.2. The van der Waals surface area contributed by atoms with Gasteiger partial charge in [0.25, 0.3) is 0 Å². The van der Waals surface area contributed by atoms with Crippen LogP contribution in [0, 0.1) is 0 Å². The lowest BCUT2D eigenvalue weighted by molar-refractivity contribution is 1.33. The van der Waals surface area contributed by atoms with Crippen molar-refractivity contribution < 1.29 is 0 Å². The molecule has 0 aliphatic heterocycles. The van der Waals surface area contributed by atoms with Crippen LogP contribution in [0.25, 0.3) is 22.4 Å². The number of benzene rings is 2. The molecule has 1 aromatic heterocycles. The van der Waals surface area contributed by atoms with Crippen molar-refractivity contribution in [2.45, 2.75) is 0 Å². The van der Waals surface area contributed by atoms with E-state index < -0.39 is 0 Å². The van der Waals surface area contributed by atoms with E-state index in [1.54, 1.807) is 12.1 Å². The first-order chi connectivity index (χ1) is 9.02. The maximum absolute atomic E-state index is 6.04. The lowest BCUT2D eigenvalue weighted by atomic mass is 10.2. The van der Waals surface area contributed by atoms with E-state index in [1.165, 1.54) is 0 Å². The molecule has 1 N–H and O–H groups in total. The maximum Gasteiger partial charge on any atom is 0.138 e. The monoisotopic (exact) mass is 374 g/mol. The van der Waals surface area contributed by atoms with Gasteiger partial charge in [0.1, 0.15) is 5.82 Å². The lowest BCUT2D eigenvalue weighted by Gasteiger charge is -1.99. The molecular weight excluding hydrogens is 370 g/mol. The number of nitrogens with one attached hydrogen (secondary N) is 1. The van der Waals surface area contributed by atoms with Gasteiger partial charge in [-0.3, -0.25) is 0 Å². The number of aromatic amines is 1. The molecule has 1 heterocycles. The van der Waals surface area contributed by atoms with Crippen molar-refractivity contribution >= 4 is 61.8 Å². The van der Waals surface area contributed by atoms with E-state index in [0.717, 1.165) is 26.9 Å². The molecule has 3 aromatic rings. The number of aromatic nitrogens is 2. The number of hydrogen-bond donors (Lipinski definition) is 1. The quantitative estimate of drug-likeness (QED) is 0.558. The average Bonchev–Trinajstić information content (AvgIpc) is 2.71. The van der Waals surface area contributed by atoms with Crippen LogP contribution in [-0.4, -0.2) is 9.97 Å². The largest absolute Gasteiger partial charge is 0.338 e. The van der Waals surface area contributed by atoms with Gasteiger partial charge in [-0.05, 0) is 30.3 Å². The van der Waals surface area contributed by atoms with Gasteiger partial charge in [0.2, 0.25) is 0 Å². The molecule has 0 radical (unpaired) electrons. The zero-order valence-corrected chi connectivity index (χ0v) is 13.2. The highest BCUT2D eigenvalue weighted by molar-refractivity contribution is 9.10. The van der Waals surface area contributed by atoms with Gasteiger partial charge in [-0.15, -0.1) is 0 Å². The molecule has 6 heteroatoms. The van der Waals surface area contributed by atoms with Crippen molar-refractivity contribution in [3.8, 4) is 11.4 Å². The Labute approximate surface area is 132 Å². The Morgan fingerprint density at radius 2 is 1.68 bits per heavy atom. The van der Waals surface area contributed by atoms with Crippen molar-refractivity contribution in [2.75, 3.05) is 0 Å². The summed E-state index contributed by atoms with van der Waals surface area (Å²) in [7, 11) is 0. The number of imidazole rings is 1. The zero-order valence-electron chi connectivity index (χ0n) is 9.35. The second kappa shape index (κ2) is 4.98. The SMILES string of the molecule is Clc1cc(Br)cc(-c2nc3cc(Cl)c(Cl)cc3[nH]2)c1. The van der Waals surface area contributed by atoms with Crippen LogP contribution in [0.2, 0.25) is 15.1 Å². The molecule has 0 aliphatic carbocycles. The van der Waals surface area contributed by atoms with Crippen LogP contribution in [0.15, 0.2) is 34.8 Å². The van der Waals surface area contributed by atoms with E-state index in [-0.39, 0.29) is 0 Å². The first-order valence-electron chi connectivity index (χ1n) is 5.34. The van der Waals surface area contributed by atoms with Gasteiger partial charge in [0.15, 0.2) is 0 Å². The molecule has 0 aliphatic rings. The Kier molecular flexibility index (Phi) is 3.48. The maximum atomic E-state index is 6.04. The van der Waals surface area contributed by atoms with E-state index in [2.05, 4.69) is 25.9 Å². The Morgan fingerprint density at radius 3 is 2.42 bits per heavy atom. The fraction of sp³-hybridized carbons (Fsp3) is 0. The average molecular weight is 376 g/mol. The van der Waals surface area contributed by atoms with Crippen LogP contribution in [0.1, 0.15) is 0 Å². The van der Waals surface area contributed by atoms with Gasteiger partial charge in [-0.2, -0.15) is 0 Å². The van der Waals surface area contributed by atoms with Gasteiger partial charge in [-0.1, -0.05) is 50.7 Å². The fourth-order valence-corrected chi connectivity index (χ4v) is 3.01. The molecular formula is C13H6BrCl3N2. The summed E-state index contributed by atoms with van der Waals surface area (Å²) in [4.78, 5) is 7.69. The van der Waals surface area contributed by atoms with Crippen LogP contribution >= 0.6 is 50.7 Å². The zero-order chi connectivity index (χ0) is 13.6. The second-order valence-corrected chi connectivity index (χ2v) is 6.19. The topological polar surface area (TPSA) is 28.7 Å². The van der Waals surface area contributed by atoms with E-state index in [0.29, 0.717) is 15.1 Å². The smallest absolute Gasteiger partial charge is 0.138 e. The molecule has 3 rings (SSSR count). The van der Waals surface area contributed by atoms with Crippen molar-refractivity contribution in [1.29, 1.82) is 0 Å². The van der Waals surface area contributed by atoms with E-state index in [9.17, 15) is 0 Å². The molecule has 0 unspecified atom stereocenters. The Morgan fingerprint density at radius 1 is 0.947 bits per heavy atom. The number of H-pyrrole nitrogens is 1. The van der Waals surface area contributed by atoms with Crippen molar-refractivity contribution in [2.24, 2.45) is 0 Å². The molecule has 0 amide bonds. The molecule has 2 aromatic carbocycles. The number of fused-ring (bicyclic) bond motifs is 1. The van der Waals surface area contributed by atoms with Crippen LogP contribution in [-0.2, 0) is 0 Å². The first kappa shape index (κ1) is 13.3. The molecule has 2 nitrogen and oxygen atoms in total. The highest BCUT2D eigenvalue weighted by Gasteiger charge is 2.09. The molecule has 0 saturated heterocycles. The Hall–Kier alpha value is -0.740. The lowest BCUT2D eigenvalue weighted by Crippen LogP contribution is -1.80. The highest BCUT2D eigenvalue weighted by atomic mass is 79.9. The van der Waals surface area contributed by atoms with Gasteiger partial charge in [0, 0.05) is 15.1 Å². The standard InChI is InChI=1S/C13H6BrCl3N2/c14-7-1-6(2-8(15)3-7)13-18-11-4-9(16)10(17)5-12(11)19-13/h1-5H,(H,18,19). The van der Waals surface area contributed by atoms with Gasteiger partial charge >= 0.3 is 0 Å². The summed E-state index contributed by atoms with van der Waals surface area (Å²) in [6.07, 6.45) is 0. The minimum absolute atomic E-state index is 0.486. The molecule has 0 fully saturated rings. The van der Waals surface area contributed by atoms with Crippen LogP contribution < -0.4 is 0 Å². The van der Waals surface area contributed by atoms with E-state index in [4.69, 9.17) is 34.8 Å². The fourth-order valence-electron chi connectivity index (χ4n) is 1.83. The number of nitrogens with zero attached hydrogens (tertiary/aromatic N) is 1. The van der Waals surface area contributed by atoms with Crippen LogP contribution in [0.3, 0.4) is 0 Å². The predicted molar refractivity (Wildman–Crippen MR) is 84.3 cm³/mol. The second-order valence-electron chi connectivity index (χ2n) is 4.03. The third kappa shape index (κ3) is 2.61. The summed E-state index contributed by atoms with van der Waals surface area (Å²) in [5, 5.41) is 1.62. The summed E-state index contributed by atoms with van der Waals surface area (Å²) in [5.74, 6) is 0.719. The summed E-state index contributed by atoms with van der Waals surface area (Å²) in [6, 6.07) is 9.09. The number of halogens is 4.